The van der Waals surface area contributed by atoms with Gasteiger partial charge in [0.05, 0.1) is 11.4 Å². The molecule has 4 aromatic heterocycles. The number of hydrogen-bond acceptors (Lipinski definition) is 5. The summed E-state index contributed by atoms with van der Waals surface area (Å²) < 4.78 is 7.41. The van der Waals surface area contributed by atoms with Crippen LogP contribution in [0.25, 0.3) is 28.2 Å². The first kappa shape index (κ1) is 16.0. The van der Waals surface area contributed by atoms with Crippen molar-refractivity contribution in [3.8, 4) is 22.6 Å². The maximum atomic E-state index is 13.2. The summed E-state index contributed by atoms with van der Waals surface area (Å²) in [6.07, 6.45) is 7.49. The number of nitrogens with zero attached hydrogens (tertiary/aromatic N) is 4. The van der Waals surface area contributed by atoms with E-state index in [-0.39, 0.29) is 5.56 Å². The van der Waals surface area contributed by atoms with Crippen LogP contribution in [0.15, 0.2) is 33.7 Å². The van der Waals surface area contributed by atoms with Gasteiger partial charge in [-0.1, -0.05) is 6.07 Å². The minimum atomic E-state index is -0.200. The second-order valence-corrected chi connectivity index (χ2v) is 6.99. The molecule has 7 heteroatoms. The van der Waals surface area contributed by atoms with Crippen LogP contribution in [0.5, 0.6) is 0 Å². The lowest BCUT2D eigenvalue weighted by Crippen LogP contribution is -2.19. The van der Waals surface area contributed by atoms with Crippen LogP contribution in [0.3, 0.4) is 0 Å². The van der Waals surface area contributed by atoms with E-state index < -0.39 is 0 Å². The Morgan fingerprint density at radius 2 is 2.00 bits per heavy atom. The van der Waals surface area contributed by atoms with Gasteiger partial charge in [0.15, 0.2) is 5.65 Å². The summed E-state index contributed by atoms with van der Waals surface area (Å²) in [5.74, 6) is 1.28. The van der Waals surface area contributed by atoms with E-state index in [1.165, 1.54) is 4.52 Å². The summed E-state index contributed by atoms with van der Waals surface area (Å²) in [7, 11) is 0. The molecule has 1 N–H and O–H groups in total. The highest BCUT2D eigenvalue weighted by Gasteiger charge is 2.24. The predicted octanol–water partition coefficient (Wildman–Crippen LogP) is 3.24. The largest absolute Gasteiger partial charge is 0.441 e. The van der Waals surface area contributed by atoms with Gasteiger partial charge in [-0.3, -0.25) is 14.9 Å². The zero-order valence-electron chi connectivity index (χ0n) is 15.2. The average molecular weight is 361 g/mol. The Morgan fingerprint density at radius 3 is 2.78 bits per heavy atom. The van der Waals surface area contributed by atoms with Gasteiger partial charge in [0, 0.05) is 35.6 Å². The van der Waals surface area contributed by atoms with Crippen LogP contribution < -0.4 is 5.56 Å². The Morgan fingerprint density at radius 1 is 1.15 bits per heavy atom. The minimum absolute atomic E-state index is 0.200. The second kappa shape index (κ2) is 5.90. The van der Waals surface area contributed by atoms with Crippen LogP contribution >= 0.6 is 0 Å². The monoisotopic (exact) mass is 361 g/mol. The van der Waals surface area contributed by atoms with Crippen molar-refractivity contribution < 1.29 is 4.42 Å². The molecule has 1 aliphatic carbocycles. The standard InChI is InChI=1S/C20H19N5O2/c1-11-17(19-23-14-7-3-4-8-15(14)27-19)20(26)25-18(22-11)16(12(2)24-25)13-6-5-9-21-10-13/h5-6,9-10,24H,3-4,7-8H2,1-2H3. The highest BCUT2D eigenvalue weighted by Crippen LogP contribution is 2.29. The number of oxazole rings is 1. The summed E-state index contributed by atoms with van der Waals surface area (Å²) in [4.78, 5) is 26.7. The molecule has 136 valence electrons. The quantitative estimate of drug-likeness (QED) is 0.592. The van der Waals surface area contributed by atoms with Crippen LogP contribution in [0, 0.1) is 13.8 Å². The number of aryl methyl sites for hydroxylation is 4. The van der Waals surface area contributed by atoms with Gasteiger partial charge >= 0.3 is 0 Å². The van der Waals surface area contributed by atoms with Crippen molar-refractivity contribution in [1.29, 1.82) is 0 Å². The first-order valence-corrected chi connectivity index (χ1v) is 9.15. The topological polar surface area (TPSA) is 89.1 Å². The Kier molecular flexibility index (Phi) is 3.50. The normalized spacial score (nSPS) is 13.9. The zero-order valence-corrected chi connectivity index (χ0v) is 15.2. The minimum Gasteiger partial charge on any atom is -0.441 e. The second-order valence-electron chi connectivity index (χ2n) is 6.99. The molecule has 27 heavy (non-hydrogen) atoms. The molecule has 0 spiro atoms. The van der Waals surface area contributed by atoms with Gasteiger partial charge < -0.3 is 4.42 Å². The Labute approximate surface area is 155 Å². The lowest BCUT2D eigenvalue weighted by Gasteiger charge is -2.05. The van der Waals surface area contributed by atoms with Crippen molar-refractivity contribution in [3.05, 3.63) is 57.7 Å². The number of nitrogens with one attached hydrogen (secondary N) is 1. The van der Waals surface area contributed by atoms with Crippen molar-refractivity contribution in [1.82, 2.24) is 24.6 Å². The van der Waals surface area contributed by atoms with Gasteiger partial charge in [0.1, 0.15) is 11.3 Å². The van der Waals surface area contributed by atoms with E-state index in [9.17, 15) is 4.79 Å². The summed E-state index contributed by atoms with van der Waals surface area (Å²) in [6, 6.07) is 3.83. The number of fused-ring (bicyclic) bond motifs is 2. The van der Waals surface area contributed by atoms with Crippen molar-refractivity contribution in [3.63, 3.8) is 0 Å². The third-order valence-corrected chi connectivity index (χ3v) is 5.15. The van der Waals surface area contributed by atoms with Crippen LogP contribution in [-0.2, 0) is 12.8 Å². The molecule has 0 saturated carbocycles. The molecule has 0 atom stereocenters. The number of pyridine rings is 1. The summed E-state index contributed by atoms with van der Waals surface area (Å²) in [6.45, 7) is 3.75. The highest BCUT2D eigenvalue weighted by molar-refractivity contribution is 5.80. The molecule has 0 unspecified atom stereocenters. The van der Waals surface area contributed by atoms with Crippen molar-refractivity contribution in [2.75, 3.05) is 0 Å². The molecule has 0 fully saturated rings. The van der Waals surface area contributed by atoms with Crippen molar-refractivity contribution in [2.45, 2.75) is 39.5 Å². The van der Waals surface area contributed by atoms with Gasteiger partial charge in [-0.05, 0) is 39.2 Å². The molecule has 0 amide bonds. The molecule has 1 aliphatic rings. The summed E-state index contributed by atoms with van der Waals surface area (Å²) >= 11 is 0. The molecule has 0 aromatic carbocycles. The molecular weight excluding hydrogens is 342 g/mol. The van der Waals surface area contributed by atoms with Gasteiger partial charge in [-0.15, -0.1) is 0 Å². The van der Waals surface area contributed by atoms with Crippen molar-refractivity contribution >= 4 is 5.65 Å². The van der Waals surface area contributed by atoms with E-state index >= 15 is 0 Å². The number of aromatic nitrogens is 5. The highest BCUT2D eigenvalue weighted by atomic mass is 16.4. The Bertz CT molecular complexity index is 1190. The fourth-order valence-corrected chi connectivity index (χ4v) is 3.85. The zero-order chi connectivity index (χ0) is 18.5. The van der Waals surface area contributed by atoms with Crippen LogP contribution in [0.1, 0.15) is 35.7 Å². The molecule has 7 nitrogen and oxygen atoms in total. The van der Waals surface area contributed by atoms with E-state index in [4.69, 9.17) is 9.40 Å². The Balaban J connectivity index is 1.75. The molecule has 0 aliphatic heterocycles. The van der Waals surface area contributed by atoms with E-state index in [1.54, 1.807) is 12.4 Å². The smallest absolute Gasteiger partial charge is 0.285 e. The first-order valence-electron chi connectivity index (χ1n) is 9.15. The average Bonchev–Trinajstić information content (AvgIpc) is 3.23. The molecule has 5 rings (SSSR count). The van der Waals surface area contributed by atoms with Gasteiger partial charge in [0.2, 0.25) is 5.89 Å². The number of rotatable bonds is 2. The number of hydrogen-bond donors (Lipinski definition) is 1. The molecule has 0 radical (unpaired) electrons. The van der Waals surface area contributed by atoms with Crippen molar-refractivity contribution in [2.24, 2.45) is 0 Å². The summed E-state index contributed by atoms with van der Waals surface area (Å²) in [5.41, 5.74) is 5.04. The van der Waals surface area contributed by atoms with E-state index in [0.29, 0.717) is 22.8 Å². The maximum Gasteiger partial charge on any atom is 0.285 e. The molecule has 4 aromatic rings. The van der Waals surface area contributed by atoms with E-state index in [0.717, 1.165) is 54.0 Å². The lowest BCUT2D eigenvalue weighted by atomic mass is 10.0. The fraction of sp³-hybridized carbons (Fsp3) is 0.300. The summed E-state index contributed by atoms with van der Waals surface area (Å²) in [5, 5.41) is 3.14. The van der Waals surface area contributed by atoms with Gasteiger partial charge in [0.25, 0.3) is 5.56 Å². The third-order valence-electron chi connectivity index (χ3n) is 5.15. The molecule has 0 bridgehead atoms. The molecular formula is C20H19N5O2. The van der Waals surface area contributed by atoms with E-state index in [1.807, 2.05) is 26.0 Å². The third kappa shape index (κ3) is 2.42. The van der Waals surface area contributed by atoms with Crippen LogP contribution in [0.2, 0.25) is 0 Å². The molecule has 4 heterocycles. The predicted molar refractivity (Wildman–Crippen MR) is 101 cm³/mol. The van der Waals surface area contributed by atoms with Crippen LogP contribution in [0.4, 0.5) is 0 Å². The number of aromatic amines is 1. The maximum absolute atomic E-state index is 13.2. The SMILES string of the molecule is Cc1nc2c(-c3cccnc3)c(C)[nH]n2c(=O)c1-c1nc2c(o1)CCCC2. The lowest BCUT2D eigenvalue weighted by molar-refractivity contribution is 0.486. The fourth-order valence-electron chi connectivity index (χ4n) is 3.85. The number of H-pyrrole nitrogens is 1. The van der Waals surface area contributed by atoms with Gasteiger partial charge in [-0.2, -0.15) is 0 Å². The van der Waals surface area contributed by atoms with Crippen LogP contribution in [-0.4, -0.2) is 24.6 Å². The molecule has 0 saturated heterocycles. The first-order chi connectivity index (χ1) is 13.1. The van der Waals surface area contributed by atoms with E-state index in [2.05, 4.69) is 15.1 Å². The Hall–Kier alpha value is -3.22. The van der Waals surface area contributed by atoms with Gasteiger partial charge in [-0.25, -0.2) is 14.5 Å².